The van der Waals surface area contributed by atoms with Crippen molar-refractivity contribution in [3.8, 4) is 0 Å². The number of ether oxygens (including phenoxy) is 4. The predicted octanol–water partition coefficient (Wildman–Crippen LogP) is 1.52. The first-order valence-electron chi connectivity index (χ1n) is 13.0. The number of aliphatic hydroxyl groups is 3. The summed E-state index contributed by atoms with van der Waals surface area (Å²) in [6.07, 6.45) is -6.26. The molecule has 1 spiro atoms. The Morgan fingerprint density at radius 2 is 1.85 bits per heavy atom. The minimum atomic E-state index is -2.28. The predicted molar refractivity (Wildman–Crippen MR) is 134 cm³/mol. The maximum atomic E-state index is 13.6. The summed E-state index contributed by atoms with van der Waals surface area (Å²) in [7, 11) is 1.08. The molecule has 214 valence electrons. The molecule has 10 unspecified atom stereocenters. The van der Waals surface area contributed by atoms with E-state index in [2.05, 4.69) is 0 Å². The molecule has 2 aliphatic heterocycles. The fourth-order valence-corrected chi connectivity index (χ4v) is 8.87. The lowest BCUT2D eigenvalue weighted by atomic mass is 9.38. The van der Waals surface area contributed by atoms with Gasteiger partial charge in [0.2, 0.25) is 11.7 Å². The highest BCUT2D eigenvalue weighted by atomic mass is 35.5. The molecule has 12 heteroatoms. The molecule has 2 saturated heterocycles. The van der Waals surface area contributed by atoms with Crippen molar-refractivity contribution in [2.45, 2.75) is 56.7 Å². The molecule has 40 heavy (non-hydrogen) atoms. The zero-order valence-electron chi connectivity index (χ0n) is 22.0. The van der Waals surface area contributed by atoms with Crippen molar-refractivity contribution in [3.63, 3.8) is 0 Å². The minimum Gasteiger partial charge on any atom is -0.504 e. The van der Waals surface area contributed by atoms with Crippen LogP contribution in [0.1, 0.15) is 37.0 Å². The van der Waals surface area contributed by atoms with Crippen LogP contribution in [0.15, 0.2) is 35.6 Å². The SMILES string of the molecule is COC(=O)C12OCC34C(CC5C(C)=C(O)C(=O)CC5(C)C3C(O)C1O)OC(=O)C(OC(=O)c1ccccc1Cl)C24. The van der Waals surface area contributed by atoms with Crippen molar-refractivity contribution in [1.82, 2.24) is 0 Å². The number of Topliss-reactive ketones (excluding diaryl/α,β-unsaturated/α-hetero) is 1. The quantitative estimate of drug-likeness (QED) is 0.353. The van der Waals surface area contributed by atoms with Crippen LogP contribution in [0.25, 0.3) is 0 Å². The van der Waals surface area contributed by atoms with Gasteiger partial charge in [-0.15, -0.1) is 0 Å². The van der Waals surface area contributed by atoms with Gasteiger partial charge in [-0.2, -0.15) is 0 Å². The highest BCUT2D eigenvalue weighted by molar-refractivity contribution is 6.33. The lowest BCUT2D eigenvalue weighted by Gasteiger charge is -2.67. The van der Waals surface area contributed by atoms with Crippen LogP contribution >= 0.6 is 11.6 Å². The second-order valence-corrected chi connectivity index (χ2v) is 12.1. The molecule has 3 aliphatic carbocycles. The van der Waals surface area contributed by atoms with Gasteiger partial charge in [-0.3, -0.25) is 4.79 Å². The molecule has 1 aromatic carbocycles. The van der Waals surface area contributed by atoms with E-state index < -0.39 is 82.3 Å². The Morgan fingerprint density at radius 3 is 2.52 bits per heavy atom. The molecule has 5 aliphatic rings. The molecule has 10 atom stereocenters. The molecule has 0 radical (unpaired) electrons. The summed E-state index contributed by atoms with van der Waals surface area (Å²) in [5.74, 6) is -6.68. The zero-order chi connectivity index (χ0) is 28.9. The van der Waals surface area contributed by atoms with Gasteiger partial charge in [0, 0.05) is 17.8 Å². The van der Waals surface area contributed by atoms with Crippen LogP contribution in [0.3, 0.4) is 0 Å². The van der Waals surface area contributed by atoms with Gasteiger partial charge < -0.3 is 34.3 Å². The molecule has 2 bridgehead atoms. The van der Waals surface area contributed by atoms with E-state index in [1.165, 1.54) is 12.1 Å². The number of allylic oxidation sites excluding steroid dienone is 2. The van der Waals surface area contributed by atoms with Crippen molar-refractivity contribution >= 4 is 35.3 Å². The topological polar surface area (TPSA) is 166 Å². The van der Waals surface area contributed by atoms with Crippen LogP contribution in [0, 0.1) is 28.6 Å². The third kappa shape index (κ3) is 3.12. The van der Waals surface area contributed by atoms with Gasteiger partial charge in [0.15, 0.2) is 11.5 Å². The van der Waals surface area contributed by atoms with Gasteiger partial charge in [0.05, 0.1) is 36.3 Å². The van der Waals surface area contributed by atoms with Crippen LogP contribution in [0.2, 0.25) is 5.02 Å². The maximum absolute atomic E-state index is 13.6. The summed E-state index contributed by atoms with van der Waals surface area (Å²) >= 11 is 6.19. The van der Waals surface area contributed by atoms with E-state index in [0.717, 1.165) is 7.11 Å². The van der Waals surface area contributed by atoms with E-state index in [0.29, 0.717) is 5.57 Å². The van der Waals surface area contributed by atoms with Crippen LogP contribution in [-0.2, 0) is 33.3 Å². The number of esters is 3. The summed E-state index contributed by atoms with van der Waals surface area (Å²) in [4.78, 5) is 53.2. The van der Waals surface area contributed by atoms with Crippen molar-refractivity contribution in [2.24, 2.45) is 28.6 Å². The van der Waals surface area contributed by atoms with Gasteiger partial charge >= 0.3 is 17.9 Å². The first-order chi connectivity index (χ1) is 18.9. The minimum absolute atomic E-state index is 0.0327. The van der Waals surface area contributed by atoms with Gasteiger partial charge in [-0.1, -0.05) is 30.7 Å². The number of methoxy groups -OCH3 is 1. The summed E-state index contributed by atoms with van der Waals surface area (Å²) < 4.78 is 22.7. The van der Waals surface area contributed by atoms with Crippen molar-refractivity contribution in [2.75, 3.05) is 13.7 Å². The Bertz CT molecular complexity index is 1370. The lowest BCUT2D eigenvalue weighted by Crippen LogP contribution is -2.79. The Balaban J connectivity index is 1.55. The van der Waals surface area contributed by atoms with Crippen LogP contribution < -0.4 is 0 Å². The number of aliphatic hydroxyl groups excluding tert-OH is 3. The smallest absolute Gasteiger partial charge is 0.348 e. The van der Waals surface area contributed by atoms with E-state index in [1.807, 2.05) is 0 Å². The molecular formula is C28H29ClO11. The molecule has 6 rings (SSSR count). The zero-order valence-corrected chi connectivity index (χ0v) is 22.7. The molecule has 2 saturated carbocycles. The molecule has 2 heterocycles. The average molecular weight is 577 g/mol. The number of fused-ring (bicyclic) bond motifs is 2. The number of hydrogen-bond donors (Lipinski definition) is 3. The second-order valence-electron chi connectivity index (χ2n) is 11.7. The van der Waals surface area contributed by atoms with Crippen LogP contribution in [0.4, 0.5) is 0 Å². The maximum Gasteiger partial charge on any atom is 0.348 e. The largest absolute Gasteiger partial charge is 0.504 e. The second kappa shape index (κ2) is 8.75. The normalized spacial score (nSPS) is 43.4. The third-order valence-electron chi connectivity index (χ3n) is 10.2. The molecule has 4 fully saturated rings. The Kier molecular flexibility index (Phi) is 5.95. The van der Waals surface area contributed by atoms with E-state index in [1.54, 1.807) is 26.0 Å². The highest BCUT2D eigenvalue weighted by Gasteiger charge is 2.85. The van der Waals surface area contributed by atoms with Gasteiger partial charge in [0.25, 0.3) is 0 Å². The number of halogens is 1. The van der Waals surface area contributed by atoms with Crippen LogP contribution in [0.5, 0.6) is 0 Å². The number of carbonyl (C=O) groups is 4. The molecule has 0 aromatic heterocycles. The van der Waals surface area contributed by atoms with E-state index in [9.17, 15) is 34.5 Å². The molecule has 3 N–H and O–H groups in total. The number of benzene rings is 1. The van der Waals surface area contributed by atoms with Crippen molar-refractivity contribution in [3.05, 3.63) is 46.2 Å². The third-order valence-corrected chi connectivity index (χ3v) is 10.5. The Morgan fingerprint density at radius 1 is 1.15 bits per heavy atom. The standard InChI is InChI=1S/C28H29ClO11/c1-11-13-8-16-27-10-38-28(25(36)37-3,22(33)18(32)20(27)26(13,2)9-15(30)17(11)31)21(27)19(24(35)39-16)40-23(34)12-6-4-5-7-14(12)29/h4-7,13,16,18-22,31-33H,8-10H2,1-3H3. The summed E-state index contributed by atoms with van der Waals surface area (Å²) in [6, 6.07) is 6.05. The molecule has 11 nitrogen and oxygen atoms in total. The highest BCUT2D eigenvalue weighted by Crippen LogP contribution is 2.72. The first-order valence-corrected chi connectivity index (χ1v) is 13.4. The average Bonchev–Trinajstić information content (AvgIpc) is 3.22. The number of carbonyl (C=O) groups excluding carboxylic acids is 4. The Labute approximate surface area is 234 Å². The first kappa shape index (κ1) is 27.2. The lowest BCUT2D eigenvalue weighted by molar-refractivity contribution is -0.288. The van der Waals surface area contributed by atoms with E-state index in [4.69, 9.17) is 30.5 Å². The number of hydrogen-bond acceptors (Lipinski definition) is 11. The number of ketones is 1. The van der Waals surface area contributed by atoms with Crippen molar-refractivity contribution in [1.29, 1.82) is 0 Å². The summed E-state index contributed by atoms with van der Waals surface area (Å²) in [5.41, 5.74) is -4.32. The summed E-state index contributed by atoms with van der Waals surface area (Å²) in [5, 5.41) is 33.9. The van der Waals surface area contributed by atoms with E-state index in [-0.39, 0.29) is 35.8 Å². The molecular weight excluding hydrogens is 548 g/mol. The van der Waals surface area contributed by atoms with Crippen molar-refractivity contribution < 1.29 is 53.4 Å². The monoisotopic (exact) mass is 576 g/mol. The fraction of sp³-hybridized carbons (Fsp3) is 0.571. The molecule has 1 aromatic rings. The van der Waals surface area contributed by atoms with Gasteiger partial charge in [-0.25, -0.2) is 14.4 Å². The van der Waals surface area contributed by atoms with Gasteiger partial charge in [0.1, 0.15) is 12.2 Å². The Hall–Kier alpha value is -2.99. The fourth-order valence-electron chi connectivity index (χ4n) is 8.66. The summed E-state index contributed by atoms with van der Waals surface area (Å²) in [6.45, 7) is 3.13. The molecule has 0 amide bonds. The van der Waals surface area contributed by atoms with E-state index >= 15 is 0 Å². The van der Waals surface area contributed by atoms with Crippen LogP contribution in [-0.4, -0.2) is 82.7 Å². The number of rotatable bonds is 3. The van der Waals surface area contributed by atoms with Gasteiger partial charge in [-0.05, 0) is 42.4 Å².